The van der Waals surface area contributed by atoms with Crippen LogP contribution >= 0.6 is 0 Å². The molecule has 0 aliphatic heterocycles. The molecule has 0 aliphatic rings. The third kappa shape index (κ3) is 4.25. The van der Waals surface area contributed by atoms with Gasteiger partial charge in [0.25, 0.3) is 0 Å². The van der Waals surface area contributed by atoms with Crippen molar-refractivity contribution in [1.82, 2.24) is 0 Å². The monoisotopic (exact) mass is 297 g/mol. The van der Waals surface area contributed by atoms with Gasteiger partial charge >= 0.3 is 0 Å². The highest BCUT2D eigenvalue weighted by Crippen LogP contribution is 2.25. The van der Waals surface area contributed by atoms with E-state index in [1.807, 2.05) is 25.2 Å². The van der Waals surface area contributed by atoms with Crippen molar-refractivity contribution in [2.45, 2.75) is 26.3 Å². The summed E-state index contributed by atoms with van der Waals surface area (Å²) in [5, 5.41) is 0. The average molecular weight is 297 g/mol. The molecular weight excluding hydrogens is 274 g/mol. The number of primary amides is 1. The van der Waals surface area contributed by atoms with Crippen LogP contribution < -0.4 is 16.4 Å². The highest BCUT2D eigenvalue weighted by molar-refractivity contribution is 5.74. The van der Waals surface area contributed by atoms with Gasteiger partial charge < -0.3 is 16.4 Å². The summed E-state index contributed by atoms with van der Waals surface area (Å²) in [7, 11) is 2.02. The lowest BCUT2D eigenvalue weighted by Crippen LogP contribution is -2.18. The van der Waals surface area contributed by atoms with Crippen molar-refractivity contribution in [1.29, 1.82) is 0 Å². The lowest BCUT2D eigenvalue weighted by molar-refractivity contribution is -0.117. The topological polar surface area (TPSA) is 72.3 Å². The summed E-state index contributed by atoms with van der Waals surface area (Å²) in [5.74, 6) is -0.292. The molecule has 22 heavy (non-hydrogen) atoms. The van der Waals surface area contributed by atoms with E-state index >= 15 is 0 Å². The van der Waals surface area contributed by atoms with Crippen molar-refractivity contribution in [2.24, 2.45) is 5.73 Å². The largest absolute Gasteiger partial charge is 0.397 e. The zero-order valence-electron chi connectivity index (χ0n) is 13.2. The van der Waals surface area contributed by atoms with E-state index in [0.29, 0.717) is 12.8 Å². The lowest BCUT2D eigenvalue weighted by Gasteiger charge is -2.22. The van der Waals surface area contributed by atoms with Crippen LogP contribution in [0.25, 0.3) is 0 Å². The predicted molar refractivity (Wildman–Crippen MR) is 91.7 cm³/mol. The summed E-state index contributed by atoms with van der Waals surface area (Å²) in [6.45, 7) is 2.89. The molecule has 1 amide bonds. The number of nitrogen functional groups attached to an aromatic ring is 1. The number of benzene rings is 2. The number of nitrogens with zero attached hydrogens (tertiary/aromatic N) is 1. The number of anilines is 2. The lowest BCUT2D eigenvalue weighted by atomic mass is 10.1. The summed E-state index contributed by atoms with van der Waals surface area (Å²) in [5.41, 5.74) is 16.6. The number of carbonyl (C=O) groups is 1. The van der Waals surface area contributed by atoms with E-state index in [-0.39, 0.29) is 5.91 Å². The average Bonchev–Trinajstić information content (AvgIpc) is 2.45. The van der Waals surface area contributed by atoms with Crippen LogP contribution in [0, 0.1) is 6.92 Å². The third-order valence-corrected chi connectivity index (χ3v) is 3.67. The van der Waals surface area contributed by atoms with Gasteiger partial charge in [-0.25, -0.2) is 0 Å². The SMILES string of the molecule is Cc1cccc(CN(C)c2ccc(CCC(N)=O)cc2N)c1. The Hall–Kier alpha value is -2.49. The molecule has 2 aromatic rings. The number of amides is 1. The van der Waals surface area contributed by atoms with Gasteiger partial charge in [0.2, 0.25) is 5.91 Å². The second kappa shape index (κ2) is 6.98. The van der Waals surface area contributed by atoms with Gasteiger partial charge in [0, 0.05) is 20.0 Å². The molecule has 4 nitrogen and oxygen atoms in total. The zero-order valence-corrected chi connectivity index (χ0v) is 13.2. The van der Waals surface area contributed by atoms with Crippen molar-refractivity contribution >= 4 is 17.3 Å². The van der Waals surface area contributed by atoms with Crippen molar-refractivity contribution in [2.75, 3.05) is 17.7 Å². The Morgan fingerprint density at radius 3 is 2.55 bits per heavy atom. The van der Waals surface area contributed by atoms with Crippen LogP contribution in [0.4, 0.5) is 11.4 Å². The molecule has 0 aromatic heterocycles. The Balaban J connectivity index is 2.09. The highest BCUT2D eigenvalue weighted by atomic mass is 16.1. The maximum atomic E-state index is 10.8. The minimum absolute atomic E-state index is 0.292. The van der Waals surface area contributed by atoms with E-state index in [2.05, 4.69) is 36.1 Å². The molecule has 0 heterocycles. The molecule has 0 aliphatic carbocycles. The number of hydrogen-bond acceptors (Lipinski definition) is 3. The van der Waals surface area contributed by atoms with Crippen molar-refractivity contribution in [3.63, 3.8) is 0 Å². The molecule has 0 saturated carbocycles. The number of carbonyl (C=O) groups excluding carboxylic acids is 1. The molecule has 0 unspecified atom stereocenters. The van der Waals surface area contributed by atoms with Crippen LogP contribution in [-0.2, 0) is 17.8 Å². The molecule has 0 radical (unpaired) electrons. The quantitative estimate of drug-likeness (QED) is 0.805. The van der Waals surface area contributed by atoms with Gasteiger partial charge in [-0.05, 0) is 36.6 Å². The van der Waals surface area contributed by atoms with Gasteiger partial charge in [0.05, 0.1) is 11.4 Å². The molecular formula is C18H23N3O. The summed E-state index contributed by atoms with van der Waals surface area (Å²) in [4.78, 5) is 13.0. The first-order chi connectivity index (χ1) is 10.5. The highest BCUT2D eigenvalue weighted by Gasteiger charge is 2.08. The van der Waals surface area contributed by atoms with Crippen molar-refractivity contribution < 1.29 is 4.79 Å². The Labute approximate surface area is 131 Å². The summed E-state index contributed by atoms with van der Waals surface area (Å²) in [6, 6.07) is 14.4. The molecule has 2 aromatic carbocycles. The predicted octanol–water partition coefficient (Wildman–Crippen LogP) is 2.63. The molecule has 4 heteroatoms. The second-order valence-electron chi connectivity index (χ2n) is 5.70. The summed E-state index contributed by atoms with van der Waals surface area (Å²) < 4.78 is 0. The second-order valence-corrected chi connectivity index (χ2v) is 5.70. The van der Waals surface area contributed by atoms with Gasteiger partial charge in [-0.15, -0.1) is 0 Å². The Morgan fingerprint density at radius 2 is 1.91 bits per heavy atom. The summed E-state index contributed by atoms with van der Waals surface area (Å²) in [6.07, 6.45) is 0.972. The van der Waals surface area contributed by atoms with E-state index in [1.54, 1.807) is 0 Å². The van der Waals surface area contributed by atoms with Gasteiger partial charge in [-0.1, -0.05) is 35.9 Å². The van der Waals surface area contributed by atoms with E-state index in [0.717, 1.165) is 23.5 Å². The molecule has 0 atom stereocenters. The van der Waals surface area contributed by atoms with Crippen LogP contribution in [0.3, 0.4) is 0 Å². The Morgan fingerprint density at radius 1 is 1.14 bits per heavy atom. The maximum Gasteiger partial charge on any atom is 0.217 e. The molecule has 116 valence electrons. The van der Waals surface area contributed by atoms with E-state index < -0.39 is 0 Å². The Kier molecular flexibility index (Phi) is 5.04. The molecule has 2 rings (SSSR count). The number of nitrogens with two attached hydrogens (primary N) is 2. The van der Waals surface area contributed by atoms with Gasteiger partial charge in [0.1, 0.15) is 0 Å². The van der Waals surface area contributed by atoms with Crippen LogP contribution in [0.5, 0.6) is 0 Å². The summed E-state index contributed by atoms with van der Waals surface area (Å²) >= 11 is 0. The fraction of sp³-hybridized carbons (Fsp3) is 0.278. The van der Waals surface area contributed by atoms with E-state index in [9.17, 15) is 4.79 Å². The van der Waals surface area contributed by atoms with Gasteiger partial charge in [-0.3, -0.25) is 4.79 Å². The van der Waals surface area contributed by atoms with Crippen LogP contribution in [0.15, 0.2) is 42.5 Å². The molecule has 0 fully saturated rings. The molecule has 4 N–H and O–H groups in total. The first-order valence-electron chi connectivity index (χ1n) is 7.39. The normalized spacial score (nSPS) is 10.5. The fourth-order valence-electron chi connectivity index (χ4n) is 2.54. The standard InChI is InChI=1S/C18H23N3O/c1-13-4-3-5-15(10-13)12-21(2)17-8-6-14(11-16(17)19)7-9-18(20)22/h3-6,8,10-11H,7,9,12,19H2,1-2H3,(H2,20,22). The van der Waals surface area contributed by atoms with Crippen molar-refractivity contribution in [3.05, 3.63) is 59.2 Å². The van der Waals surface area contributed by atoms with E-state index in [1.165, 1.54) is 11.1 Å². The molecule has 0 saturated heterocycles. The first kappa shape index (κ1) is 15.9. The molecule has 0 bridgehead atoms. The maximum absolute atomic E-state index is 10.8. The van der Waals surface area contributed by atoms with Gasteiger partial charge in [-0.2, -0.15) is 0 Å². The number of aryl methyl sites for hydroxylation is 2. The number of hydrogen-bond donors (Lipinski definition) is 2. The fourth-order valence-corrected chi connectivity index (χ4v) is 2.54. The molecule has 0 spiro atoms. The minimum atomic E-state index is -0.292. The van der Waals surface area contributed by atoms with Crippen LogP contribution in [-0.4, -0.2) is 13.0 Å². The van der Waals surface area contributed by atoms with E-state index in [4.69, 9.17) is 11.5 Å². The zero-order chi connectivity index (χ0) is 16.1. The van der Waals surface area contributed by atoms with Crippen LogP contribution in [0.2, 0.25) is 0 Å². The third-order valence-electron chi connectivity index (χ3n) is 3.67. The minimum Gasteiger partial charge on any atom is -0.397 e. The van der Waals surface area contributed by atoms with Crippen molar-refractivity contribution in [3.8, 4) is 0 Å². The Bertz CT molecular complexity index is 667. The smallest absolute Gasteiger partial charge is 0.217 e. The first-order valence-corrected chi connectivity index (χ1v) is 7.39. The van der Waals surface area contributed by atoms with Crippen LogP contribution in [0.1, 0.15) is 23.1 Å². The van der Waals surface area contributed by atoms with Gasteiger partial charge in [0.15, 0.2) is 0 Å². The number of rotatable bonds is 6.